The van der Waals surface area contributed by atoms with Crippen LogP contribution in [0.2, 0.25) is 0 Å². The molecule has 19 heavy (non-hydrogen) atoms. The van der Waals surface area contributed by atoms with Gasteiger partial charge in [-0.25, -0.2) is 4.98 Å². The number of amides is 1. The number of rotatable bonds is 4. The summed E-state index contributed by atoms with van der Waals surface area (Å²) in [4.78, 5) is 16.1. The van der Waals surface area contributed by atoms with Crippen molar-refractivity contribution in [3.05, 3.63) is 30.6 Å². The predicted octanol–water partition coefficient (Wildman–Crippen LogP) is 1.33. The summed E-state index contributed by atoms with van der Waals surface area (Å²) in [5.41, 5.74) is 2.03. The molecule has 2 heterocycles. The maximum atomic E-state index is 11.8. The first-order valence-corrected chi connectivity index (χ1v) is 6.60. The van der Waals surface area contributed by atoms with Crippen molar-refractivity contribution in [3.63, 3.8) is 0 Å². The number of fused-ring (bicyclic) bond motifs is 1. The summed E-state index contributed by atoms with van der Waals surface area (Å²) >= 11 is 0. The molecule has 0 saturated carbocycles. The summed E-state index contributed by atoms with van der Waals surface area (Å²) in [6.45, 7) is 2.04. The topological polar surface area (TPSA) is 56.2 Å². The number of carbonyl (C=O) groups is 1. The Morgan fingerprint density at radius 1 is 1.47 bits per heavy atom. The van der Waals surface area contributed by atoms with E-state index in [0.29, 0.717) is 19.6 Å². The molecule has 5 nitrogen and oxygen atoms in total. The van der Waals surface area contributed by atoms with E-state index >= 15 is 0 Å². The third kappa shape index (κ3) is 2.76. The molecule has 0 unspecified atom stereocenters. The molecule has 3 rings (SSSR count). The molecule has 1 aliphatic rings. The van der Waals surface area contributed by atoms with Gasteiger partial charge in [-0.1, -0.05) is 12.1 Å². The van der Waals surface area contributed by atoms with Crippen molar-refractivity contribution in [3.8, 4) is 0 Å². The molecular weight excluding hydrogens is 242 g/mol. The van der Waals surface area contributed by atoms with Crippen molar-refractivity contribution in [2.45, 2.75) is 25.4 Å². The molecule has 1 aromatic carbocycles. The number of nitrogens with zero attached hydrogens (tertiary/aromatic N) is 2. The van der Waals surface area contributed by atoms with Crippen LogP contribution in [0.4, 0.5) is 0 Å². The normalized spacial score (nSPS) is 18.8. The summed E-state index contributed by atoms with van der Waals surface area (Å²) in [5, 5.41) is 2.99. The predicted molar refractivity (Wildman–Crippen MR) is 71.7 cm³/mol. The molecule has 100 valence electrons. The number of benzene rings is 1. The first-order valence-electron chi connectivity index (χ1n) is 6.60. The summed E-state index contributed by atoms with van der Waals surface area (Å²) in [6.07, 6.45) is 3.17. The van der Waals surface area contributed by atoms with Gasteiger partial charge in [-0.2, -0.15) is 0 Å². The van der Waals surface area contributed by atoms with Crippen molar-refractivity contribution in [2.24, 2.45) is 0 Å². The van der Waals surface area contributed by atoms with Gasteiger partial charge < -0.3 is 14.6 Å². The molecule has 0 aliphatic carbocycles. The maximum absolute atomic E-state index is 11.8. The van der Waals surface area contributed by atoms with Crippen molar-refractivity contribution in [2.75, 3.05) is 13.2 Å². The zero-order valence-electron chi connectivity index (χ0n) is 10.7. The van der Waals surface area contributed by atoms with E-state index in [4.69, 9.17) is 4.74 Å². The van der Waals surface area contributed by atoms with Crippen LogP contribution in [-0.4, -0.2) is 34.7 Å². The monoisotopic (exact) mass is 259 g/mol. The number of hydrogen-bond donors (Lipinski definition) is 1. The first-order chi connectivity index (χ1) is 9.33. The molecule has 0 bridgehead atoms. The molecule has 1 aromatic heterocycles. The Balaban J connectivity index is 1.58. The van der Waals surface area contributed by atoms with Gasteiger partial charge in [-0.05, 0) is 18.6 Å². The second kappa shape index (κ2) is 5.40. The lowest BCUT2D eigenvalue weighted by Crippen LogP contribution is -2.35. The summed E-state index contributed by atoms with van der Waals surface area (Å²) in [7, 11) is 0. The summed E-state index contributed by atoms with van der Waals surface area (Å²) in [6, 6.07) is 8.13. The zero-order chi connectivity index (χ0) is 13.1. The Morgan fingerprint density at radius 2 is 2.37 bits per heavy atom. The van der Waals surface area contributed by atoms with Crippen LogP contribution in [-0.2, 0) is 16.1 Å². The molecule has 0 spiro atoms. The summed E-state index contributed by atoms with van der Waals surface area (Å²) < 4.78 is 7.25. The molecule has 1 fully saturated rings. The highest BCUT2D eigenvalue weighted by molar-refractivity contribution is 5.77. The number of para-hydroxylation sites is 2. The molecule has 5 heteroatoms. The van der Waals surface area contributed by atoms with E-state index in [1.807, 2.05) is 28.8 Å². The van der Waals surface area contributed by atoms with Crippen molar-refractivity contribution in [1.29, 1.82) is 0 Å². The van der Waals surface area contributed by atoms with Crippen molar-refractivity contribution in [1.82, 2.24) is 14.9 Å². The molecule has 0 radical (unpaired) electrons. The molecule has 1 saturated heterocycles. The molecule has 1 amide bonds. The van der Waals surface area contributed by atoms with E-state index in [9.17, 15) is 4.79 Å². The minimum atomic E-state index is 0.0771. The second-order valence-corrected chi connectivity index (χ2v) is 4.80. The summed E-state index contributed by atoms with van der Waals surface area (Å²) in [5.74, 6) is 0.0771. The highest BCUT2D eigenvalue weighted by atomic mass is 16.5. The van der Waals surface area contributed by atoms with E-state index in [0.717, 1.165) is 24.1 Å². The number of aryl methyl sites for hydroxylation is 1. The lowest BCUT2D eigenvalue weighted by Gasteiger charge is -2.10. The van der Waals surface area contributed by atoms with Crippen LogP contribution in [0, 0.1) is 0 Å². The van der Waals surface area contributed by atoms with Gasteiger partial charge in [0.05, 0.1) is 30.0 Å². The van der Waals surface area contributed by atoms with Crippen LogP contribution in [0.25, 0.3) is 11.0 Å². The number of imidazole rings is 1. The van der Waals surface area contributed by atoms with Crippen LogP contribution >= 0.6 is 0 Å². The molecule has 1 atom stereocenters. The lowest BCUT2D eigenvalue weighted by molar-refractivity contribution is -0.122. The van der Waals surface area contributed by atoms with E-state index in [1.165, 1.54) is 0 Å². The largest absolute Gasteiger partial charge is 0.379 e. The van der Waals surface area contributed by atoms with Gasteiger partial charge >= 0.3 is 0 Å². The highest BCUT2D eigenvalue weighted by Gasteiger charge is 2.17. The Hall–Kier alpha value is -1.88. The van der Waals surface area contributed by atoms with Crippen LogP contribution in [0.5, 0.6) is 0 Å². The number of ether oxygens (including phenoxy) is 1. The van der Waals surface area contributed by atoms with E-state index in [1.54, 1.807) is 6.33 Å². The zero-order valence-corrected chi connectivity index (χ0v) is 10.7. The van der Waals surface area contributed by atoms with Gasteiger partial charge in [0.15, 0.2) is 0 Å². The van der Waals surface area contributed by atoms with Gasteiger partial charge in [-0.15, -0.1) is 0 Å². The number of carbonyl (C=O) groups excluding carboxylic acids is 1. The fourth-order valence-corrected chi connectivity index (χ4v) is 2.36. The molecule has 1 aliphatic heterocycles. The standard InChI is InChI=1S/C14H17N3O2/c18-14(16-11-6-8-19-9-11)5-7-17-10-15-12-3-1-2-4-13(12)17/h1-4,10-11H,5-9H2,(H,16,18)/t11-/m0/s1. The third-order valence-electron chi connectivity index (χ3n) is 3.40. The Morgan fingerprint density at radius 3 is 3.21 bits per heavy atom. The Labute approximate surface area is 111 Å². The molecule has 2 aromatic rings. The lowest BCUT2D eigenvalue weighted by atomic mass is 10.2. The first kappa shape index (κ1) is 12.2. The van der Waals surface area contributed by atoms with E-state index in [-0.39, 0.29) is 11.9 Å². The smallest absolute Gasteiger partial charge is 0.222 e. The van der Waals surface area contributed by atoms with Gasteiger partial charge in [0.25, 0.3) is 0 Å². The Bertz CT molecular complexity index is 573. The fourth-order valence-electron chi connectivity index (χ4n) is 2.36. The quantitative estimate of drug-likeness (QED) is 0.901. The Kier molecular flexibility index (Phi) is 3.46. The van der Waals surface area contributed by atoms with Crippen molar-refractivity contribution >= 4 is 16.9 Å². The second-order valence-electron chi connectivity index (χ2n) is 4.80. The minimum Gasteiger partial charge on any atom is -0.379 e. The fraction of sp³-hybridized carbons (Fsp3) is 0.429. The van der Waals surface area contributed by atoms with E-state index in [2.05, 4.69) is 10.3 Å². The van der Waals surface area contributed by atoms with Crippen molar-refractivity contribution < 1.29 is 9.53 Å². The van der Waals surface area contributed by atoms with Gasteiger partial charge in [0.2, 0.25) is 5.91 Å². The van der Waals surface area contributed by atoms with Gasteiger partial charge in [0.1, 0.15) is 0 Å². The van der Waals surface area contributed by atoms with Gasteiger partial charge in [0, 0.05) is 19.6 Å². The minimum absolute atomic E-state index is 0.0771. The average Bonchev–Trinajstić information content (AvgIpc) is 3.05. The van der Waals surface area contributed by atoms with Crippen LogP contribution in [0.1, 0.15) is 12.8 Å². The third-order valence-corrected chi connectivity index (χ3v) is 3.40. The SMILES string of the molecule is O=C(CCn1cnc2ccccc21)N[C@H]1CCOC1. The number of aromatic nitrogens is 2. The maximum Gasteiger partial charge on any atom is 0.222 e. The number of hydrogen-bond acceptors (Lipinski definition) is 3. The molecular formula is C14H17N3O2. The molecule has 1 N–H and O–H groups in total. The van der Waals surface area contributed by atoms with Crippen LogP contribution in [0.3, 0.4) is 0 Å². The van der Waals surface area contributed by atoms with Crippen LogP contribution in [0.15, 0.2) is 30.6 Å². The average molecular weight is 259 g/mol. The number of nitrogens with one attached hydrogen (secondary N) is 1. The van der Waals surface area contributed by atoms with Gasteiger partial charge in [-0.3, -0.25) is 4.79 Å². The van der Waals surface area contributed by atoms with Crippen LogP contribution < -0.4 is 5.32 Å². The highest BCUT2D eigenvalue weighted by Crippen LogP contribution is 2.12. The van der Waals surface area contributed by atoms with E-state index < -0.39 is 0 Å².